The summed E-state index contributed by atoms with van der Waals surface area (Å²) in [5.41, 5.74) is 4.06. The molecule has 2 saturated heterocycles. The Kier molecular flexibility index (Phi) is 6.16. The minimum absolute atomic E-state index is 0.133. The molecule has 4 aliphatic rings. The summed E-state index contributed by atoms with van der Waals surface area (Å²) in [6, 6.07) is 13.4. The van der Waals surface area contributed by atoms with E-state index in [4.69, 9.17) is 4.52 Å². The van der Waals surface area contributed by atoms with Crippen molar-refractivity contribution in [2.45, 2.75) is 78.0 Å². The van der Waals surface area contributed by atoms with E-state index in [1.165, 1.54) is 10.5 Å². The molecule has 2 amide bonds. The topological polar surface area (TPSA) is 63.7 Å². The third kappa shape index (κ3) is 3.58. The van der Waals surface area contributed by atoms with Crippen molar-refractivity contribution in [3.63, 3.8) is 0 Å². The summed E-state index contributed by atoms with van der Waals surface area (Å²) in [5, 5.41) is 0.771. The maximum atomic E-state index is 15.2. The summed E-state index contributed by atoms with van der Waals surface area (Å²) in [6.07, 6.45) is 1.31. The van der Waals surface area contributed by atoms with Crippen molar-refractivity contribution < 1.29 is 18.7 Å². The zero-order chi connectivity index (χ0) is 26.1. The molecule has 5 unspecified atom stereocenters. The van der Waals surface area contributed by atoms with Crippen LogP contribution in [-0.2, 0) is 18.7 Å². The fourth-order valence-electron chi connectivity index (χ4n) is 6.15. The molecule has 0 spiro atoms. The molecule has 0 aromatic heterocycles. The SMILES string of the molecule is CC1=CC2C3C(=O)N(c4ccccc4)C(=O)C3C1OP2(=O)c1c(C(C)C)cc(C(C)C)cc1C(C)C. The van der Waals surface area contributed by atoms with Gasteiger partial charge in [-0.1, -0.05) is 78.0 Å². The van der Waals surface area contributed by atoms with E-state index in [1.807, 2.05) is 31.2 Å². The summed E-state index contributed by atoms with van der Waals surface area (Å²) >= 11 is 0. The van der Waals surface area contributed by atoms with E-state index in [9.17, 15) is 9.59 Å². The maximum Gasteiger partial charge on any atom is 0.240 e. The van der Waals surface area contributed by atoms with Crippen molar-refractivity contribution in [3.8, 4) is 0 Å². The third-order valence-corrected chi connectivity index (χ3v) is 11.0. The Morgan fingerprint density at radius 3 is 1.92 bits per heavy atom. The van der Waals surface area contributed by atoms with Gasteiger partial charge in [-0.25, -0.2) is 4.90 Å². The van der Waals surface area contributed by atoms with Gasteiger partial charge in [-0.3, -0.25) is 14.2 Å². The molecule has 2 aromatic carbocycles. The Balaban J connectivity index is 1.70. The fourth-order valence-corrected chi connectivity index (χ4v) is 9.86. The van der Waals surface area contributed by atoms with Crippen molar-refractivity contribution in [3.05, 3.63) is 70.8 Å². The second-order valence-corrected chi connectivity index (χ2v) is 13.9. The molecule has 0 N–H and O–H groups in total. The normalized spacial score (nSPS) is 29.5. The van der Waals surface area contributed by atoms with Gasteiger partial charge in [0.15, 0.2) is 0 Å². The number of imide groups is 1. The zero-order valence-corrected chi connectivity index (χ0v) is 23.1. The van der Waals surface area contributed by atoms with Gasteiger partial charge >= 0.3 is 0 Å². The number of nitrogens with zero attached hydrogens (tertiary/aromatic N) is 1. The number of fused-ring (bicyclic) bond motifs is 1. The van der Waals surface area contributed by atoms with Crippen LogP contribution in [-0.4, -0.2) is 23.6 Å². The van der Waals surface area contributed by atoms with Gasteiger partial charge in [0.25, 0.3) is 0 Å². The first-order valence-corrected chi connectivity index (χ1v) is 14.7. The summed E-state index contributed by atoms with van der Waals surface area (Å²) in [6.45, 7) is 14.7. The lowest BCUT2D eigenvalue weighted by atomic mass is 9.79. The van der Waals surface area contributed by atoms with Gasteiger partial charge in [-0.15, -0.1) is 0 Å². The van der Waals surface area contributed by atoms with Gasteiger partial charge in [0.1, 0.15) is 0 Å². The third-order valence-electron chi connectivity index (χ3n) is 8.07. The molecule has 5 atom stereocenters. The van der Waals surface area contributed by atoms with Gasteiger partial charge in [-0.05, 0) is 59.1 Å². The van der Waals surface area contributed by atoms with Crippen molar-refractivity contribution in [1.82, 2.24) is 0 Å². The van der Waals surface area contributed by atoms with Gasteiger partial charge in [0.05, 0.1) is 29.3 Å². The van der Waals surface area contributed by atoms with E-state index >= 15 is 4.57 Å². The first-order valence-electron chi connectivity index (χ1n) is 13.0. The molecular weight excluding hydrogens is 469 g/mol. The van der Waals surface area contributed by atoms with Crippen molar-refractivity contribution in [1.29, 1.82) is 0 Å². The Hall–Kier alpha value is -2.49. The Labute approximate surface area is 214 Å². The Morgan fingerprint density at radius 2 is 1.39 bits per heavy atom. The number of allylic oxidation sites excluding steroid dienone is 1. The highest BCUT2D eigenvalue weighted by Gasteiger charge is 2.66. The number of hydrogen-bond acceptors (Lipinski definition) is 4. The molecule has 190 valence electrons. The van der Waals surface area contributed by atoms with Crippen molar-refractivity contribution in [2.24, 2.45) is 11.8 Å². The lowest BCUT2D eigenvalue weighted by Gasteiger charge is -2.47. The van der Waals surface area contributed by atoms with Crippen LogP contribution in [0.3, 0.4) is 0 Å². The van der Waals surface area contributed by atoms with Crippen molar-refractivity contribution in [2.75, 3.05) is 4.90 Å². The van der Waals surface area contributed by atoms with Gasteiger partial charge < -0.3 is 4.52 Å². The van der Waals surface area contributed by atoms with E-state index in [0.29, 0.717) is 11.6 Å². The smallest absolute Gasteiger partial charge is 0.240 e. The standard InChI is InChI=1S/C30H36NO4P/c1-16(2)20-14-22(17(3)4)28(23(15-20)18(5)6)36(34)24-13-19(7)27(35-36)26-25(24)29(32)31(30(26)33)21-11-9-8-10-12-21/h8-18,24-27H,1-7H3. The molecule has 2 aromatic rings. The largest absolute Gasteiger partial charge is 0.316 e. The molecule has 36 heavy (non-hydrogen) atoms. The highest BCUT2D eigenvalue weighted by molar-refractivity contribution is 7.68. The van der Waals surface area contributed by atoms with Crippen LogP contribution in [0.4, 0.5) is 5.69 Å². The maximum absolute atomic E-state index is 15.2. The number of carbonyl (C=O) groups excluding carboxylic acids is 2. The van der Waals surface area contributed by atoms with E-state index < -0.39 is 31.0 Å². The minimum Gasteiger partial charge on any atom is -0.316 e. The lowest BCUT2D eigenvalue weighted by Crippen LogP contribution is -2.50. The minimum atomic E-state index is -3.52. The van der Waals surface area contributed by atoms with Crippen LogP contribution < -0.4 is 10.2 Å². The van der Waals surface area contributed by atoms with E-state index in [1.54, 1.807) is 12.1 Å². The first kappa shape index (κ1) is 25.2. The molecule has 6 heteroatoms. The highest BCUT2D eigenvalue weighted by Crippen LogP contribution is 2.67. The van der Waals surface area contributed by atoms with Crippen LogP contribution in [0.5, 0.6) is 0 Å². The van der Waals surface area contributed by atoms with Gasteiger partial charge in [-0.2, -0.15) is 0 Å². The second-order valence-electron chi connectivity index (χ2n) is 11.4. The summed E-state index contributed by atoms with van der Waals surface area (Å²) in [4.78, 5) is 28.7. The van der Waals surface area contributed by atoms with Crippen LogP contribution in [0.1, 0.15) is 82.9 Å². The molecular formula is C30H36NO4P. The number of anilines is 1. The molecule has 0 radical (unpaired) electrons. The van der Waals surface area contributed by atoms with Crippen LogP contribution in [0, 0.1) is 11.8 Å². The van der Waals surface area contributed by atoms with Crippen LogP contribution in [0.15, 0.2) is 54.1 Å². The van der Waals surface area contributed by atoms with Crippen LogP contribution >= 0.6 is 7.37 Å². The Bertz CT molecular complexity index is 1280. The van der Waals surface area contributed by atoms with E-state index in [-0.39, 0.29) is 23.7 Å². The number of carbonyl (C=O) groups is 2. The first-order chi connectivity index (χ1) is 17.0. The predicted molar refractivity (Wildman–Crippen MR) is 144 cm³/mol. The molecule has 3 aliphatic heterocycles. The number of benzene rings is 2. The number of para-hydroxylation sites is 1. The number of amides is 2. The number of hydrogen-bond donors (Lipinski definition) is 0. The fraction of sp³-hybridized carbons (Fsp3) is 0.467. The van der Waals surface area contributed by atoms with Gasteiger partial charge in [0, 0.05) is 5.30 Å². The quantitative estimate of drug-likeness (QED) is 0.265. The average Bonchev–Trinajstić information content (AvgIpc) is 3.10. The molecule has 2 fully saturated rings. The molecule has 2 bridgehead atoms. The summed E-state index contributed by atoms with van der Waals surface area (Å²) in [5.74, 6) is -1.26. The number of rotatable bonds is 5. The predicted octanol–water partition coefficient (Wildman–Crippen LogP) is 6.49. The lowest BCUT2D eigenvalue weighted by molar-refractivity contribution is -0.124. The monoisotopic (exact) mass is 505 g/mol. The summed E-state index contributed by atoms with van der Waals surface area (Å²) in [7, 11) is -3.52. The van der Waals surface area contributed by atoms with E-state index in [2.05, 4.69) is 53.7 Å². The highest BCUT2D eigenvalue weighted by atomic mass is 31.2. The molecule has 3 heterocycles. The molecule has 0 saturated carbocycles. The van der Waals surface area contributed by atoms with Crippen LogP contribution in [0.2, 0.25) is 0 Å². The second kappa shape index (κ2) is 8.82. The van der Waals surface area contributed by atoms with Crippen molar-refractivity contribution >= 4 is 30.2 Å². The van der Waals surface area contributed by atoms with Gasteiger partial charge in [0.2, 0.25) is 19.2 Å². The zero-order valence-electron chi connectivity index (χ0n) is 22.2. The van der Waals surface area contributed by atoms with E-state index in [0.717, 1.165) is 22.0 Å². The molecule has 1 aliphatic carbocycles. The van der Waals surface area contributed by atoms with Crippen LogP contribution in [0.25, 0.3) is 0 Å². The molecule has 5 nitrogen and oxygen atoms in total. The summed E-state index contributed by atoms with van der Waals surface area (Å²) < 4.78 is 21.8. The molecule has 6 rings (SSSR count). The average molecular weight is 506 g/mol. The Morgan fingerprint density at radius 1 is 0.833 bits per heavy atom.